The summed E-state index contributed by atoms with van der Waals surface area (Å²) < 4.78 is 72.3. The lowest BCUT2D eigenvalue weighted by Crippen LogP contribution is -2.24. The minimum atomic E-state index is -4.66. The SMILES string of the molecule is Cc1nc(OCc2ccc(F)cc2F)cc(=O)n1-c1ccccc1C(F)(F)F. The molecule has 1 heterocycles. The molecular formula is C19H13F5N2O2. The second-order valence-corrected chi connectivity index (χ2v) is 5.85. The van der Waals surface area contributed by atoms with Gasteiger partial charge in [0.15, 0.2) is 0 Å². The van der Waals surface area contributed by atoms with Gasteiger partial charge in [-0.15, -0.1) is 0 Å². The van der Waals surface area contributed by atoms with Crippen molar-refractivity contribution in [2.75, 3.05) is 0 Å². The van der Waals surface area contributed by atoms with E-state index in [1.54, 1.807) is 0 Å². The number of hydrogen-bond donors (Lipinski definition) is 0. The molecule has 3 rings (SSSR count). The van der Waals surface area contributed by atoms with Crippen LogP contribution in [0.2, 0.25) is 0 Å². The number of para-hydroxylation sites is 1. The lowest BCUT2D eigenvalue weighted by molar-refractivity contribution is -0.137. The molecule has 0 aliphatic heterocycles. The summed E-state index contributed by atoms with van der Waals surface area (Å²) in [5.41, 5.74) is -2.10. The summed E-state index contributed by atoms with van der Waals surface area (Å²) in [7, 11) is 0. The first kappa shape index (κ1) is 19.5. The van der Waals surface area contributed by atoms with Crippen LogP contribution in [0.5, 0.6) is 5.88 Å². The van der Waals surface area contributed by atoms with Gasteiger partial charge in [0.2, 0.25) is 5.88 Å². The van der Waals surface area contributed by atoms with Crippen LogP contribution in [0.1, 0.15) is 17.0 Å². The highest BCUT2D eigenvalue weighted by Gasteiger charge is 2.34. The minimum Gasteiger partial charge on any atom is -0.472 e. The van der Waals surface area contributed by atoms with Crippen molar-refractivity contribution < 1.29 is 26.7 Å². The van der Waals surface area contributed by atoms with Gasteiger partial charge in [-0.1, -0.05) is 12.1 Å². The van der Waals surface area contributed by atoms with E-state index in [4.69, 9.17) is 4.74 Å². The molecule has 0 fully saturated rings. The summed E-state index contributed by atoms with van der Waals surface area (Å²) in [6, 6.07) is 8.43. The lowest BCUT2D eigenvalue weighted by Gasteiger charge is -2.16. The molecule has 0 aliphatic rings. The smallest absolute Gasteiger partial charge is 0.418 e. The number of alkyl halides is 3. The number of aryl methyl sites for hydroxylation is 1. The van der Waals surface area contributed by atoms with E-state index in [9.17, 15) is 26.7 Å². The van der Waals surface area contributed by atoms with E-state index < -0.39 is 28.9 Å². The lowest BCUT2D eigenvalue weighted by atomic mass is 10.1. The number of benzene rings is 2. The summed E-state index contributed by atoms with van der Waals surface area (Å²) in [4.78, 5) is 16.4. The topological polar surface area (TPSA) is 44.1 Å². The highest BCUT2D eigenvalue weighted by atomic mass is 19.4. The molecule has 0 N–H and O–H groups in total. The predicted octanol–water partition coefficient (Wildman–Crippen LogP) is 4.42. The summed E-state index contributed by atoms with van der Waals surface area (Å²) in [6.07, 6.45) is -4.66. The Morgan fingerprint density at radius 1 is 1.07 bits per heavy atom. The first-order valence-electron chi connectivity index (χ1n) is 8.01. The van der Waals surface area contributed by atoms with Gasteiger partial charge in [-0.2, -0.15) is 18.2 Å². The molecule has 4 nitrogen and oxygen atoms in total. The molecule has 146 valence electrons. The van der Waals surface area contributed by atoms with Crippen molar-refractivity contribution in [3.63, 3.8) is 0 Å². The number of aromatic nitrogens is 2. The van der Waals surface area contributed by atoms with Gasteiger partial charge in [-0.05, 0) is 31.2 Å². The van der Waals surface area contributed by atoms with Crippen LogP contribution in [0.15, 0.2) is 53.3 Å². The van der Waals surface area contributed by atoms with E-state index in [2.05, 4.69) is 4.98 Å². The number of hydrogen-bond acceptors (Lipinski definition) is 3. The Kier molecular flexibility index (Phi) is 5.17. The van der Waals surface area contributed by atoms with Gasteiger partial charge in [0.25, 0.3) is 5.56 Å². The van der Waals surface area contributed by atoms with Gasteiger partial charge in [0.05, 0.1) is 17.3 Å². The molecule has 0 saturated heterocycles. The van der Waals surface area contributed by atoms with Crippen LogP contribution in [0.4, 0.5) is 22.0 Å². The highest BCUT2D eigenvalue weighted by molar-refractivity contribution is 5.44. The fourth-order valence-electron chi connectivity index (χ4n) is 2.64. The van der Waals surface area contributed by atoms with Crippen LogP contribution in [0, 0.1) is 18.6 Å². The van der Waals surface area contributed by atoms with Crippen molar-refractivity contribution in [1.29, 1.82) is 0 Å². The van der Waals surface area contributed by atoms with Crippen LogP contribution < -0.4 is 10.3 Å². The summed E-state index contributed by atoms with van der Waals surface area (Å²) in [6.45, 7) is 1.01. The van der Waals surface area contributed by atoms with Gasteiger partial charge in [0, 0.05) is 11.6 Å². The Morgan fingerprint density at radius 3 is 2.43 bits per heavy atom. The van der Waals surface area contributed by atoms with E-state index >= 15 is 0 Å². The third-order valence-electron chi connectivity index (χ3n) is 3.90. The monoisotopic (exact) mass is 396 g/mol. The maximum absolute atomic E-state index is 13.6. The van der Waals surface area contributed by atoms with Crippen molar-refractivity contribution in [1.82, 2.24) is 9.55 Å². The maximum atomic E-state index is 13.6. The Balaban J connectivity index is 1.94. The Labute approximate surface area is 155 Å². The second-order valence-electron chi connectivity index (χ2n) is 5.85. The number of halogens is 5. The van der Waals surface area contributed by atoms with Gasteiger partial charge in [0.1, 0.15) is 24.1 Å². The molecule has 0 saturated carbocycles. The molecule has 0 radical (unpaired) electrons. The average Bonchev–Trinajstić information content (AvgIpc) is 2.60. The van der Waals surface area contributed by atoms with Crippen LogP contribution >= 0.6 is 0 Å². The zero-order chi connectivity index (χ0) is 20.5. The van der Waals surface area contributed by atoms with Gasteiger partial charge in [-0.3, -0.25) is 9.36 Å². The molecule has 3 aromatic rings. The van der Waals surface area contributed by atoms with Crippen molar-refractivity contribution in [3.8, 4) is 11.6 Å². The van der Waals surface area contributed by atoms with Crippen molar-refractivity contribution in [2.45, 2.75) is 19.7 Å². The number of rotatable bonds is 4. The van der Waals surface area contributed by atoms with E-state index in [0.717, 1.165) is 28.8 Å². The van der Waals surface area contributed by atoms with Gasteiger partial charge in [-0.25, -0.2) is 8.78 Å². The van der Waals surface area contributed by atoms with Crippen molar-refractivity contribution >= 4 is 0 Å². The van der Waals surface area contributed by atoms with E-state index in [-0.39, 0.29) is 29.6 Å². The van der Waals surface area contributed by atoms with Crippen molar-refractivity contribution in [2.24, 2.45) is 0 Å². The molecule has 0 bridgehead atoms. The van der Waals surface area contributed by atoms with E-state index in [1.165, 1.54) is 25.1 Å². The standard InChI is InChI=1S/C19H13F5N2O2/c1-11-25-17(28-10-12-6-7-13(20)8-15(12)21)9-18(27)26(11)16-5-3-2-4-14(16)19(22,23)24/h2-9H,10H2,1H3. The largest absolute Gasteiger partial charge is 0.472 e. The van der Waals surface area contributed by atoms with Crippen LogP contribution in [-0.2, 0) is 12.8 Å². The molecule has 0 unspecified atom stereocenters. The Hall–Kier alpha value is -3.23. The first-order chi connectivity index (χ1) is 13.2. The number of ether oxygens (including phenoxy) is 1. The minimum absolute atomic E-state index is 0.0347. The maximum Gasteiger partial charge on any atom is 0.418 e. The third-order valence-corrected chi connectivity index (χ3v) is 3.90. The third kappa shape index (κ3) is 4.03. The predicted molar refractivity (Wildman–Crippen MR) is 90.3 cm³/mol. The van der Waals surface area contributed by atoms with Crippen molar-refractivity contribution in [3.05, 3.63) is 87.5 Å². The van der Waals surface area contributed by atoms with Gasteiger partial charge >= 0.3 is 6.18 Å². The van der Waals surface area contributed by atoms with Crippen LogP contribution in [0.3, 0.4) is 0 Å². The quantitative estimate of drug-likeness (QED) is 0.614. The fraction of sp³-hybridized carbons (Fsp3) is 0.158. The molecule has 28 heavy (non-hydrogen) atoms. The zero-order valence-electron chi connectivity index (χ0n) is 14.4. The summed E-state index contributed by atoms with van der Waals surface area (Å²) >= 11 is 0. The second kappa shape index (κ2) is 7.41. The molecule has 2 aromatic carbocycles. The zero-order valence-corrected chi connectivity index (χ0v) is 14.4. The first-order valence-corrected chi connectivity index (χ1v) is 8.01. The van der Waals surface area contributed by atoms with E-state index in [0.29, 0.717) is 6.07 Å². The molecule has 0 amide bonds. The average molecular weight is 396 g/mol. The molecule has 0 atom stereocenters. The normalized spacial score (nSPS) is 11.5. The molecule has 0 aliphatic carbocycles. The molecule has 1 aromatic heterocycles. The van der Waals surface area contributed by atoms with E-state index in [1.807, 2.05) is 0 Å². The Morgan fingerprint density at radius 2 is 1.79 bits per heavy atom. The van der Waals surface area contributed by atoms with Crippen LogP contribution in [0.25, 0.3) is 5.69 Å². The molecule has 9 heteroatoms. The summed E-state index contributed by atoms with van der Waals surface area (Å²) in [5, 5.41) is 0. The van der Waals surface area contributed by atoms with Crippen LogP contribution in [-0.4, -0.2) is 9.55 Å². The fourth-order valence-corrected chi connectivity index (χ4v) is 2.64. The van der Waals surface area contributed by atoms with Gasteiger partial charge < -0.3 is 4.74 Å². The summed E-state index contributed by atoms with van der Waals surface area (Å²) in [5.74, 6) is -1.81. The molecular weight excluding hydrogens is 383 g/mol. The number of nitrogens with zero attached hydrogens (tertiary/aromatic N) is 2. The molecule has 0 spiro atoms. The highest BCUT2D eigenvalue weighted by Crippen LogP contribution is 2.33. The Bertz CT molecular complexity index is 1080.